The fourth-order valence-electron chi connectivity index (χ4n) is 4.31. The third kappa shape index (κ3) is 5.34. The maximum absolute atomic E-state index is 13.1. The molecule has 5 rings (SSSR count). The van der Waals surface area contributed by atoms with Crippen LogP contribution in [0.3, 0.4) is 0 Å². The van der Waals surface area contributed by atoms with E-state index in [1.54, 1.807) is 62.0 Å². The number of Topliss-reactive ketones (excluding diaryl/α,β-unsaturated/α-hetero) is 1. The summed E-state index contributed by atoms with van der Waals surface area (Å²) in [5.41, 5.74) is 4.00. The zero-order valence-corrected chi connectivity index (χ0v) is 21.2. The van der Waals surface area contributed by atoms with Crippen LogP contribution in [0.15, 0.2) is 67.3 Å². The molecule has 0 saturated heterocycles. The normalized spacial score (nSPS) is 12.7. The Kier molecular flexibility index (Phi) is 7.06. The number of aliphatic hydroxyl groups is 1. The molecule has 5 aromatic rings. The summed E-state index contributed by atoms with van der Waals surface area (Å²) >= 11 is 0. The van der Waals surface area contributed by atoms with Gasteiger partial charge < -0.3 is 30.2 Å². The number of amides is 1. The number of phenolic OH excluding ortho intramolecular Hbond substituents is 1. The second-order valence-corrected chi connectivity index (χ2v) is 8.98. The van der Waals surface area contributed by atoms with E-state index in [4.69, 9.17) is 4.74 Å². The fraction of sp³-hybridized carbons (Fsp3) is 0.179. The predicted molar refractivity (Wildman–Crippen MR) is 143 cm³/mol. The summed E-state index contributed by atoms with van der Waals surface area (Å²) in [5.74, 6) is -0.129. The highest BCUT2D eigenvalue weighted by Gasteiger charge is 2.26. The molecule has 2 aromatic carbocycles. The fourth-order valence-corrected chi connectivity index (χ4v) is 4.31. The van der Waals surface area contributed by atoms with E-state index in [1.165, 1.54) is 13.3 Å². The first-order valence-electron chi connectivity index (χ1n) is 12.2. The lowest BCUT2D eigenvalue weighted by Gasteiger charge is -2.18. The standard InChI is InChI=1S/C28H26N6O5/c1-15(35)25(37)23(12-18-13-29-14-31-18)34-27(38)17-5-7-21-22(11-17)33-26(32-21)20-10-16(6-8-24(20)36)19-4-3-9-30-28(19)39-2/h3-11,13-15,23,35-36H,12H2,1-2H3,(H,29,31)(H,32,33)(H,34,38)/t15?,23-/m0/s1. The van der Waals surface area contributed by atoms with Gasteiger partial charge in [0.05, 0.1) is 41.8 Å². The second-order valence-electron chi connectivity index (χ2n) is 8.98. The van der Waals surface area contributed by atoms with Crippen LogP contribution in [0, 0.1) is 0 Å². The Balaban J connectivity index is 1.43. The first-order chi connectivity index (χ1) is 18.8. The molecule has 0 spiro atoms. The zero-order chi connectivity index (χ0) is 27.5. The van der Waals surface area contributed by atoms with Crippen LogP contribution in [0.2, 0.25) is 0 Å². The van der Waals surface area contributed by atoms with E-state index < -0.39 is 23.8 Å². The van der Waals surface area contributed by atoms with Crippen molar-refractivity contribution in [3.8, 4) is 34.1 Å². The minimum atomic E-state index is -1.25. The number of imidazole rings is 2. The van der Waals surface area contributed by atoms with Gasteiger partial charge in [-0.25, -0.2) is 15.0 Å². The number of aliphatic hydroxyl groups excluding tert-OH is 1. The van der Waals surface area contributed by atoms with Gasteiger partial charge in [0, 0.05) is 29.9 Å². The highest BCUT2D eigenvalue weighted by Crippen LogP contribution is 2.35. The second kappa shape index (κ2) is 10.8. The van der Waals surface area contributed by atoms with E-state index in [-0.39, 0.29) is 17.7 Å². The summed E-state index contributed by atoms with van der Waals surface area (Å²) in [6, 6.07) is 12.7. The average molecular weight is 527 g/mol. The van der Waals surface area contributed by atoms with Crippen LogP contribution in [0.25, 0.3) is 33.5 Å². The third-order valence-corrected chi connectivity index (χ3v) is 6.30. The molecule has 0 aliphatic carbocycles. The first-order valence-corrected chi connectivity index (χ1v) is 12.2. The van der Waals surface area contributed by atoms with Crippen molar-refractivity contribution in [1.29, 1.82) is 0 Å². The van der Waals surface area contributed by atoms with Crippen LogP contribution in [-0.4, -0.2) is 66.1 Å². The number of benzene rings is 2. The number of rotatable bonds is 9. The Bertz CT molecular complexity index is 1640. The smallest absolute Gasteiger partial charge is 0.251 e. The minimum absolute atomic E-state index is 0.0245. The van der Waals surface area contributed by atoms with Gasteiger partial charge >= 0.3 is 0 Å². The number of carbonyl (C=O) groups is 2. The average Bonchev–Trinajstić information content (AvgIpc) is 3.62. The lowest BCUT2D eigenvalue weighted by atomic mass is 10.0. The number of ether oxygens (including phenoxy) is 1. The largest absolute Gasteiger partial charge is 0.507 e. The SMILES string of the molecule is COc1ncccc1-c1ccc(O)c(-c2nc3cc(C(=O)N[C@@H](Cc4c[nH]cn4)C(=O)C(C)O)ccc3[nH]2)c1. The van der Waals surface area contributed by atoms with Crippen molar-refractivity contribution >= 4 is 22.7 Å². The minimum Gasteiger partial charge on any atom is -0.507 e. The van der Waals surface area contributed by atoms with Crippen LogP contribution in [-0.2, 0) is 11.2 Å². The maximum atomic E-state index is 13.1. The van der Waals surface area contributed by atoms with E-state index in [0.29, 0.717) is 34.0 Å². The molecule has 0 bridgehead atoms. The molecule has 5 N–H and O–H groups in total. The number of nitrogens with one attached hydrogen (secondary N) is 3. The number of ketones is 1. The molecular formula is C28H26N6O5. The molecule has 0 radical (unpaired) electrons. The van der Waals surface area contributed by atoms with Crippen LogP contribution < -0.4 is 10.1 Å². The van der Waals surface area contributed by atoms with Crippen molar-refractivity contribution in [1.82, 2.24) is 30.2 Å². The Morgan fingerprint density at radius 2 is 1.95 bits per heavy atom. The number of fused-ring (bicyclic) bond motifs is 1. The first kappa shape index (κ1) is 25.6. The lowest BCUT2D eigenvalue weighted by molar-refractivity contribution is -0.128. The lowest BCUT2D eigenvalue weighted by Crippen LogP contribution is -2.46. The Morgan fingerprint density at radius 1 is 1.10 bits per heavy atom. The van der Waals surface area contributed by atoms with Crippen molar-refractivity contribution in [2.75, 3.05) is 7.11 Å². The van der Waals surface area contributed by atoms with Gasteiger partial charge in [-0.1, -0.05) is 6.07 Å². The van der Waals surface area contributed by atoms with Gasteiger partial charge in [-0.2, -0.15) is 0 Å². The summed E-state index contributed by atoms with van der Waals surface area (Å²) in [6.45, 7) is 1.36. The molecule has 11 nitrogen and oxygen atoms in total. The molecule has 1 amide bonds. The number of aromatic hydroxyl groups is 1. The van der Waals surface area contributed by atoms with Crippen LogP contribution in [0.1, 0.15) is 23.0 Å². The van der Waals surface area contributed by atoms with Gasteiger partial charge in [-0.05, 0) is 55.0 Å². The summed E-state index contributed by atoms with van der Waals surface area (Å²) in [5, 5.41) is 23.1. The van der Waals surface area contributed by atoms with Crippen LogP contribution in [0.4, 0.5) is 0 Å². The molecule has 0 aliphatic heterocycles. The Morgan fingerprint density at radius 3 is 2.69 bits per heavy atom. The zero-order valence-electron chi connectivity index (χ0n) is 21.2. The monoisotopic (exact) mass is 526 g/mol. The number of aromatic nitrogens is 5. The molecule has 0 fully saturated rings. The number of aromatic amines is 2. The van der Waals surface area contributed by atoms with Gasteiger partial charge in [0.2, 0.25) is 5.88 Å². The number of phenols is 1. The van der Waals surface area contributed by atoms with Crippen LogP contribution in [0.5, 0.6) is 11.6 Å². The van der Waals surface area contributed by atoms with Crippen molar-refractivity contribution < 1.29 is 24.5 Å². The van der Waals surface area contributed by atoms with Crippen molar-refractivity contribution in [2.45, 2.75) is 25.5 Å². The number of hydrogen-bond acceptors (Lipinski definition) is 8. The maximum Gasteiger partial charge on any atom is 0.251 e. The van der Waals surface area contributed by atoms with Crippen LogP contribution >= 0.6 is 0 Å². The summed E-state index contributed by atoms with van der Waals surface area (Å²) in [4.78, 5) is 44.6. The van der Waals surface area contributed by atoms with Gasteiger partial charge in [0.1, 0.15) is 17.7 Å². The number of carbonyl (C=O) groups excluding carboxylic acids is 2. The molecule has 1 unspecified atom stereocenters. The molecule has 3 heterocycles. The molecule has 0 saturated carbocycles. The van der Waals surface area contributed by atoms with E-state index >= 15 is 0 Å². The topological polar surface area (TPSA) is 166 Å². The van der Waals surface area contributed by atoms with Gasteiger partial charge in [0.25, 0.3) is 5.91 Å². The number of pyridine rings is 1. The molecule has 3 aromatic heterocycles. The third-order valence-electron chi connectivity index (χ3n) is 6.30. The molecule has 39 heavy (non-hydrogen) atoms. The van der Waals surface area contributed by atoms with Gasteiger partial charge in [0.15, 0.2) is 5.78 Å². The summed E-state index contributed by atoms with van der Waals surface area (Å²) < 4.78 is 5.37. The van der Waals surface area contributed by atoms with E-state index in [2.05, 4.69) is 30.2 Å². The summed E-state index contributed by atoms with van der Waals surface area (Å²) in [7, 11) is 1.54. The van der Waals surface area contributed by atoms with Gasteiger partial charge in [-0.3, -0.25) is 9.59 Å². The van der Waals surface area contributed by atoms with Crippen molar-refractivity contribution in [3.05, 3.63) is 78.5 Å². The highest BCUT2D eigenvalue weighted by atomic mass is 16.5. The Hall–Kier alpha value is -5.03. The quantitative estimate of drug-likeness (QED) is 0.195. The molecular weight excluding hydrogens is 500 g/mol. The molecule has 2 atom stereocenters. The predicted octanol–water partition coefficient (Wildman–Crippen LogP) is 3.02. The van der Waals surface area contributed by atoms with Crippen molar-refractivity contribution in [2.24, 2.45) is 0 Å². The number of H-pyrrole nitrogens is 2. The van der Waals surface area contributed by atoms with E-state index in [9.17, 15) is 19.8 Å². The Labute approximate surface area is 222 Å². The van der Waals surface area contributed by atoms with Crippen molar-refractivity contribution in [3.63, 3.8) is 0 Å². The molecule has 11 heteroatoms. The number of nitrogens with zero attached hydrogens (tertiary/aromatic N) is 3. The van der Waals surface area contributed by atoms with Gasteiger partial charge in [-0.15, -0.1) is 0 Å². The van der Waals surface area contributed by atoms with E-state index in [0.717, 1.165) is 11.1 Å². The highest BCUT2D eigenvalue weighted by molar-refractivity contribution is 6.01. The number of methoxy groups -OCH3 is 1. The molecule has 198 valence electrons. The number of hydrogen-bond donors (Lipinski definition) is 5. The summed E-state index contributed by atoms with van der Waals surface area (Å²) in [6.07, 6.45) is 3.62. The van der Waals surface area contributed by atoms with E-state index in [1.807, 2.05) is 6.07 Å². The molecule has 0 aliphatic rings.